The number of nitrogens with one attached hydrogen (secondary N) is 2. The monoisotopic (exact) mass is 341 g/mol. The second-order valence-corrected chi connectivity index (χ2v) is 6.51. The van der Waals surface area contributed by atoms with Gasteiger partial charge in [-0.05, 0) is 43.0 Å². The largest absolute Gasteiger partial charge is 0.382 e. The predicted octanol–water partition coefficient (Wildman–Crippen LogP) is 3.94. The Hall–Kier alpha value is -2.43. The molecule has 1 saturated carbocycles. The molecule has 1 aliphatic carbocycles. The van der Waals surface area contributed by atoms with Crippen LogP contribution in [0.3, 0.4) is 0 Å². The van der Waals surface area contributed by atoms with Crippen molar-refractivity contribution in [1.29, 1.82) is 0 Å². The average Bonchev–Trinajstić information content (AvgIpc) is 2.64. The van der Waals surface area contributed by atoms with Crippen LogP contribution in [0.1, 0.15) is 48.2 Å². The molecular formula is C20H24FN3O. The van der Waals surface area contributed by atoms with Crippen molar-refractivity contribution in [1.82, 2.24) is 10.3 Å². The molecule has 1 fully saturated rings. The summed E-state index contributed by atoms with van der Waals surface area (Å²) in [7, 11) is 0. The normalized spacial score (nSPS) is 14.9. The summed E-state index contributed by atoms with van der Waals surface area (Å²) in [4.78, 5) is 16.4. The van der Waals surface area contributed by atoms with Crippen molar-refractivity contribution in [2.75, 3.05) is 11.9 Å². The second-order valence-electron chi connectivity index (χ2n) is 6.51. The van der Waals surface area contributed by atoms with Gasteiger partial charge in [-0.3, -0.25) is 9.78 Å². The third-order valence-electron chi connectivity index (χ3n) is 4.61. The van der Waals surface area contributed by atoms with Crippen molar-refractivity contribution in [2.45, 2.75) is 44.6 Å². The van der Waals surface area contributed by atoms with Crippen LogP contribution in [0.4, 0.5) is 10.1 Å². The summed E-state index contributed by atoms with van der Waals surface area (Å²) in [5.74, 6) is -0.475. The first-order valence-electron chi connectivity index (χ1n) is 8.96. The molecule has 25 heavy (non-hydrogen) atoms. The average molecular weight is 341 g/mol. The number of hydrogen-bond acceptors (Lipinski definition) is 3. The fourth-order valence-electron chi connectivity index (χ4n) is 3.23. The molecule has 1 aromatic carbocycles. The Balaban J connectivity index is 1.53. The van der Waals surface area contributed by atoms with Gasteiger partial charge in [-0.15, -0.1) is 0 Å². The molecule has 0 aliphatic heterocycles. The van der Waals surface area contributed by atoms with Gasteiger partial charge in [0.15, 0.2) is 0 Å². The van der Waals surface area contributed by atoms with Crippen LogP contribution in [0, 0.1) is 5.82 Å². The number of carbonyl (C=O) groups is 1. The SMILES string of the molecule is O=C(NCCc1ccccc1F)c1cc(NC2CCCCC2)ccn1. The summed E-state index contributed by atoms with van der Waals surface area (Å²) >= 11 is 0. The van der Waals surface area contributed by atoms with Crippen LogP contribution >= 0.6 is 0 Å². The molecule has 4 nitrogen and oxygen atoms in total. The third-order valence-corrected chi connectivity index (χ3v) is 4.61. The van der Waals surface area contributed by atoms with E-state index in [9.17, 15) is 9.18 Å². The molecule has 2 aromatic rings. The molecule has 1 amide bonds. The van der Waals surface area contributed by atoms with E-state index in [0.29, 0.717) is 30.3 Å². The molecule has 0 spiro atoms. The molecule has 132 valence electrons. The molecule has 1 aromatic heterocycles. The lowest BCUT2D eigenvalue weighted by atomic mass is 9.95. The molecule has 1 heterocycles. The quantitative estimate of drug-likeness (QED) is 0.837. The summed E-state index contributed by atoms with van der Waals surface area (Å²) in [5, 5.41) is 6.31. The van der Waals surface area contributed by atoms with Crippen molar-refractivity contribution in [2.24, 2.45) is 0 Å². The minimum absolute atomic E-state index is 0.233. The highest BCUT2D eigenvalue weighted by molar-refractivity contribution is 5.93. The number of aromatic nitrogens is 1. The van der Waals surface area contributed by atoms with E-state index in [0.717, 1.165) is 5.69 Å². The molecule has 0 unspecified atom stereocenters. The Morgan fingerprint density at radius 1 is 1.16 bits per heavy atom. The number of halogens is 1. The van der Waals surface area contributed by atoms with E-state index >= 15 is 0 Å². The van der Waals surface area contributed by atoms with Gasteiger partial charge in [0.2, 0.25) is 0 Å². The van der Waals surface area contributed by atoms with Crippen molar-refractivity contribution < 1.29 is 9.18 Å². The first kappa shape index (κ1) is 17.4. The Bertz CT molecular complexity index is 714. The van der Waals surface area contributed by atoms with Crippen LogP contribution in [0.5, 0.6) is 0 Å². The van der Waals surface area contributed by atoms with Gasteiger partial charge < -0.3 is 10.6 Å². The summed E-state index contributed by atoms with van der Waals surface area (Å²) in [6, 6.07) is 10.8. The number of anilines is 1. The fourth-order valence-corrected chi connectivity index (χ4v) is 3.23. The Labute approximate surface area is 147 Å². The van der Waals surface area contributed by atoms with Gasteiger partial charge in [-0.1, -0.05) is 37.5 Å². The number of nitrogens with zero attached hydrogens (tertiary/aromatic N) is 1. The van der Waals surface area contributed by atoms with Gasteiger partial charge in [0.25, 0.3) is 5.91 Å². The topological polar surface area (TPSA) is 54.0 Å². The number of amides is 1. The maximum absolute atomic E-state index is 13.6. The van der Waals surface area contributed by atoms with Crippen LogP contribution in [-0.4, -0.2) is 23.5 Å². The van der Waals surface area contributed by atoms with Crippen LogP contribution in [0.2, 0.25) is 0 Å². The van der Waals surface area contributed by atoms with Gasteiger partial charge in [-0.2, -0.15) is 0 Å². The van der Waals surface area contributed by atoms with E-state index < -0.39 is 0 Å². The van der Waals surface area contributed by atoms with E-state index in [4.69, 9.17) is 0 Å². The first-order valence-corrected chi connectivity index (χ1v) is 8.96. The Morgan fingerprint density at radius 3 is 2.76 bits per heavy atom. The van der Waals surface area contributed by atoms with Gasteiger partial charge in [0.05, 0.1) is 0 Å². The highest BCUT2D eigenvalue weighted by atomic mass is 19.1. The molecule has 3 rings (SSSR count). The summed E-state index contributed by atoms with van der Waals surface area (Å²) in [6.07, 6.45) is 8.27. The lowest BCUT2D eigenvalue weighted by molar-refractivity contribution is 0.0949. The molecule has 0 saturated heterocycles. The molecule has 0 bridgehead atoms. The number of rotatable bonds is 6. The zero-order chi connectivity index (χ0) is 17.5. The minimum atomic E-state index is -0.242. The van der Waals surface area contributed by atoms with Gasteiger partial charge in [-0.25, -0.2) is 4.39 Å². The van der Waals surface area contributed by atoms with Crippen LogP contribution in [-0.2, 0) is 6.42 Å². The van der Waals surface area contributed by atoms with E-state index in [1.807, 2.05) is 6.07 Å². The smallest absolute Gasteiger partial charge is 0.269 e. The van der Waals surface area contributed by atoms with Gasteiger partial charge in [0.1, 0.15) is 11.5 Å². The van der Waals surface area contributed by atoms with Crippen molar-refractivity contribution in [3.8, 4) is 0 Å². The molecule has 1 aliphatic rings. The summed E-state index contributed by atoms with van der Waals surface area (Å²) < 4.78 is 13.6. The summed E-state index contributed by atoms with van der Waals surface area (Å²) in [5.41, 5.74) is 1.92. The van der Waals surface area contributed by atoms with Crippen molar-refractivity contribution >= 4 is 11.6 Å². The lowest BCUT2D eigenvalue weighted by Crippen LogP contribution is -2.27. The van der Waals surface area contributed by atoms with Gasteiger partial charge >= 0.3 is 0 Å². The first-order chi connectivity index (χ1) is 12.2. The fraction of sp³-hybridized carbons (Fsp3) is 0.400. The molecule has 5 heteroatoms. The van der Waals surface area contributed by atoms with E-state index in [1.54, 1.807) is 30.5 Å². The second kappa shape index (κ2) is 8.60. The Morgan fingerprint density at radius 2 is 1.96 bits per heavy atom. The van der Waals surface area contributed by atoms with Gasteiger partial charge in [0, 0.05) is 24.5 Å². The number of carbonyl (C=O) groups excluding carboxylic acids is 1. The highest BCUT2D eigenvalue weighted by Gasteiger charge is 2.14. The maximum atomic E-state index is 13.6. The van der Waals surface area contributed by atoms with Crippen molar-refractivity contribution in [3.05, 3.63) is 59.7 Å². The molecular weight excluding hydrogens is 317 g/mol. The van der Waals surface area contributed by atoms with Crippen LogP contribution in [0.25, 0.3) is 0 Å². The molecule has 0 radical (unpaired) electrons. The maximum Gasteiger partial charge on any atom is 0.269 e. The molecule has 2 N–H and O–H groups in total. The molecule has 0 atom stereocenters. The third kappa shape index (κ3) is 5.02. The van der Waals surface area contributed by atoms with Crippen LogP contribution < -0.4 is 10.6 Å². The van der Waals surface area contributed by atoms with Crippen molar-refractivity contribution in [3.63, 3.8) is 0 Å². The number of hydrogen-bond donors (Lipinski definition) is 2. The Kier molecular flexibility index (Phi) is 5.99. The van der Waals surface area contributed by atoms with Crippen LogP contribution in [0.15, 0.2) is 42.6 Å². The number of benzene rings is 1. The zero-order valence-electron chi connectivity index (χ0n) is 14.3. The van der Waals surface area contributed by atoms with E-state index in [1.165, 1.54) is 38.2 Å². The predicted molar refractivity (Wildman–Crippen MR) is 97.2 cm³/mol. The van der Waals surface area contributed by atoms with E-state index in [-0.39, 0.29) is 11.7 Å². The highest BCUT2D eigenvalue weighted by Crippen LogP contribution is 2.21. The minimum Gasteiger partial charge on any atom is -0.382 e. The number of pyridine rings is 1. The van der Waals surface area contributed by atoms with E-state index in [2.05, 4.69) is 15.6 Å². The lowest BCUT2D eigenvalue weighted by Gasteiger charge is -2.23. The summed E-state index contributed by atoms with van der Waals surface area (Å²) in [6.45, 7) is 0.377. The standard InChI is InChI=1S/C20H24FN3O/c21-18-9-5-4-6-15(18)10-12-23-20(25)19-14-17(11-13-22-19)24-16-7-2-1-3-8-16/h4-6,9,11,13-14,16H,1-3,7-8,10,12H2,(H,22,24)(H,23,25). The zero-order valence-corrected chi connectivity index (χ0v) is 14.3.